The molecule has 0 bridgehead atoms. The smallest absolute Gasteiger partial charge is 0.410 e. The number of hydrogen-bond donors (Lipinski definition) is 1. The number of amides is 1. The van der Waals surface area contributed by atoms with Crippen LogP contribution in [-0.2, 0) is 24.8 Å². The van der Waals surface area contributed by atoms with Crippen molar-refractivity contribution in [3.8, 4) is 0 Å². The lowest BCUT2D eigenvalue weighted by Gasteiger charge is -2.34. The fourth-order valence-electron chi connectivity index (χ4n) is 9.89. The van der Waals surface area contributed by atoms with Crippen LogP contribution in [0.25, 0.3) is 21.5 Å². The topological polar surface area (TPSA) is 142 Å². The van der Waals surface area contributed by atoms with Gasteiger partial charge in [-0.2, -0.15) is 8.61 Å². The number of carbonyl (C=O) groups excluding carboxylic acids is 1. The number of carbonyl (C=O) groups is 1. The maximum Gasteiger partial charge on any atom is 0.410 e. The Morgan fingerprint density at radius 3 is 1.87 bits per heavy atom. The van der Waals surface area contributed by atoms with E-state index in [2.05, 4.69) is 15.3 Å². The first-order valence-electron chi connectivity index (χ1n) is 18.7. The van der Waals surface area contributed by atoms with Crippen LogP contribution in [0.15, 0.2) is 83.1 Å². The van der Waals surface area contributed by atoms with Crippen LogP contribution in [0, 0.1) is 11.8 Å². The molecule has 2 saturated carbocycles. The van der Waals surface area contributed by atoms with E-state index in [0.717, 1.165) is 61.2 Å². The van der Waals surface area contributed by atoms with E-state index in [4.69, 9.17) is 4.74 Å². The molecule has 53 heavy (non-hydrogen) atoms. The van der Waals surface area contributed by atoms with Crippen LogP contribution in [0.3, 0.4) is 0 Å². The summed E-state index contributed by atoms with van der Waals surface area (Å²) in [6.07, 6.45) is 11.8. The van der Waals surface area contributed by atoms with Gasteiger partial charge in [-0.25, -0.2) is 21.6 Å². The molecule has 0 radical (unpaired) electrons. The maximum atomic E-state index is 13.8. The molecular weight excluding hydrogens is 713 g/mol. The van der Waals surface area contributed by atoms with E-state index in [1.165, 1.54) is 0 Å². The molecule has 1 N–H and O–H groups in total. The third-order valence-electron chi connectivity index (χ3n) is 12.4. The van der Waals surface area contributed by atoms with Crippen molar-refractivity contribution < 1.29 is 26.4 Å². The van der Waals surface area contributed by atoms with Crippen molar-refractivity contribution in [2.45, 2.75) is 97.8 Å². The SMILES string of the molecule is CC(C)(C)OC(=O)N1CCC2CN(S(=O)(=O)c3cccc4cnccc34)C3(CC3)C21.O=S(=O)(c1cccc2cnccc12)N1CC2CCNC2C12CC2. The summed E-state index contributed by atoms with van der Waals surface area (Å²) in [4.78, 5) is 23.6. The second kappa shape index (κ2) is 12.2. The van der Waals surface area contributed by atoms with Gasteiger partial charge in [-0.3, -0.25) is 9.97 Å². The molecular formula is C39H46N6O6S2. The summed E-state index contributed by atoms with van der Waals surface area (Å²) in [7, 11) is -7.20. The number of likely N-dealkylation sites (tertiary alicyclic amines) is 1. The Morgan fingerprint density at radius 1 is 0.774 bits per heavy atom. The number of pyridine rings is 2. The van der Waals surface area contributed by atoms with Crippen LogP contribution in [-0.4, -0.2) is 101 Å². The van der Waals surface area contributed by atoms with Crippen molar-refractivity contribution in [2.75, 3.05) is 26.2 Å². The molecule has 14 heteroatoms. The first-order valence-corrected chi connectivity index (χ1v) is 21.6. The van der Waals surface area contributed by atoms with E-state index in [-0.39, 0.29) is 23.6 Å². The van der Waals surface area contributed by atoms with Gasteiger partial charge in [-0.15, -0.1) is 0 Å². The van der Waals surface area contributed by atoms with Crippen LogP contribution in [0.4, 0.5) is 4.79 Å². The van der Waals surface area contributed by atoms with Crippen LogP contribution in [0.1, 0.15) is 59.3 Å². The molecule has 2 aromatic heterocycles. The molecule has 4 saturated heterocycles. The summed E-state index contributed by atoms with van der Waals surface area (Å²) in [6, 6.07) is 14.6. The minimum Gasteiger partial charge on any atom is -0.444 e. The van der Waals surface area contributed by atoms with Gasteiger partial charge in [0, 0.05) is 72.0 Å². The summed E-state index contributed by atoms with van der Waals surface area (Å²) in [5.41, 5.74) is -1.26. The quantitative estimate of drug-likeness (QED) is 0.299. The van der Waals surface area contributed by atoms with Gasteiger partial charge in [0.1, 0.15) is 5.60 Å². The lowest BCUT2D eigenvalue weighted by atomic mass is 9.98. The molecule has 2 aliphatic carbocycles. The van der Waals surface area contributed by atoms with Gasteiger partial charge in [0.05, 0.1) is 26.9 Å². The van der Waals surface area contributed by atoms with E-state index >= 15 is 0 Å². The second-order valence-corrected chi connectivity index (χ2v) is 20.3. The van der Waals surface area contributed by atoms with Crippen molar-refractivity contribution in [1.29, 1.82) is 0 Å². The number of ether oxygens (including phenoxy) is 1. The zero-order valence-corrected chi connectivity index (χ0v) is 31.9. The highest BCUT2D eigenvalue weighted by atomic mass is 32.2. The first-order chi connectivity index (χ1) is 25.3. The predicted molar refractivity (Wildman–Crippen MR) is 200 cm³/mol. The van der Waals surface area contributed by atoms with E-state index in [0.29, 0.717) is 46.8 Å². The Bertz CT molecular complexity index is 2330. The van der Waals surface area contributed by atoms with Crippen molar-refractivity contribution in [2.24, 2.45) is 11.8 Å². The fourth-order valence-corrected chi connectivity index (χ4v) is 14.1. The molecule has 4 aliphatic heterocycles. The molecule has 1 amide bonds. The van der Waals surface area contributed by atoms with Crippen molar-refractivity contribution >= 4 is 47.7 Å². The van der Waals surface area contributed by atoms with Crippen LogP contribution < -0.4 is 5.32 Å². The highest BCUT2D eigenvalue weighted by Crippen LogP contribution is 2.59. The molecule has 4 aromatic rings. The molecule has 6 heterocycles. The summed E-state index contributed by atoms with van der Waals surface area (Å²) in [5, 5.41) is 6.67. The van der Waals surface area contributed by atoms with Crippen molar-refractivity contribution in [3.63, 3.8) is 0 Å². The number of nitrogens with zero attached hydrogens (tertiary/aromatic N) is 5. The van der Waals surface area contributed by atoms with Gasteiger partial charge < -0.3 is 15.0 Å². The number of aromatic nitrogens is 2. The number of benzene rings is 2. The number of fused-ring (bicyclic) bond motifs is 6. The van der Waals surface area contributed by atoms with Crippen molar-refractivity contribution in [1.82, 2.24) is 28.8 Å². The average molecular weight is 759 g/mol. The maximum absolute atomic E-state index is 13.8. The Labute approximate surface area is 311 Å². The van der Waals surface area contributed by atoms with Crippen LogP contribution in [0.5, 0.6) is 0 Å². The second-order valence-electron chi connectivity index (χ2n) is 16.6. The fraction of sp³-hybridized carbons (Fsp3) is 0.513. The third-order valence-corrected chi connectivity index (χ3v) is 16.4. The molecule has 2 spiro atoms. The van der Waals surface area contributed by atoms with Gasteiger partial charge in [0.15, 0.2) is 0 Å². The summed E-state index contributed by atoms with van der Waals surface area (Å²) < 4.78 is 63.6. The number of hydrogen-bond acceptors (Lipinski definition) is 9. The predicted octanol–water partition coefficient (Wildman–Crippen LogP) is 5.15. The van der Waals surface area contributed by atoms with Crippen LogP contribution in [0.2, 0.25) is 0 Å². The van der Waals surface area contributed by atoms with E-state index in [1.54, 1.807) is 68.6 Å². The largest absolute Gasteiger partial charge is 0.444 e. The van der Waals surface area contributed by atoms with Crippen molar-refractivity contribution in [3.05, 3.63) is 73.3 Å². The Morgan fingerprint density at radius 2 is 1.32 bits per heavy atom. The highest BCUT2D eigenvalue weighted by Gasteiger charge is 2.69. The van der Waals surface area contributed by atoms with E-state index in [1.807, 2.05) is 39.0 Å². The van der Waals surface area contributed by atoms with Gasteiger partial charge in [-0.05, 0) is 102 Å². The number of sulfonamides is 2. The van der Waals surface area contributed by atoms with E-state index < -0.39 is 31.2 Å². The zero-order valence-electron chi connectivity index (χ0n) is 30.3. The molecule has 6 aliphatic rings. The third kappa shape index (κ3) is 5.58. The van der Waals surface area contributed by atoms with Crippen LogP contribution >= 0.6 is 0 Å². The number of nitrogens with one attached hydrogen (secondary N) is 1. The Hall–Kier alpha value is -3.69. The average Bonchev–Trinajstić information content (AvgIpc) is 3.90. The van der Waals surface area contributed by atoms with Gasteiger partial charge in [-0.1, -0.05) is 24.3 Å². The minimum absolute atomic E-state index is 0.112. The first kappa shape index (κ1) is 35.0. The van der Waals surface area contributed by atoms with Gasteiger partial charge in [0.2, 0.25) is 20.0 Å². The zero-order chi connectivity index (χ0) is 37.0. The van der Waals surface area contributed by atoms with Gasteiger partial charge >= 0.3 is 6.09 Å². The lowest BCUT2D eigenvalue weighted by Crippen LogP contribution is -2.50. The Kier molecular flexibility index (Phi) is 8.04. The summed E-state index contributed by atoms with van der Waals surface area (Å²) in [5.74, 6) is 0.607. The Balaban J connectivity index is 0.000000145. The van der Waals surface area contributed by atoms with Gasteiger partial charge in [0.25, 0.3) is 0 Å². The lowest BCUT2D eigenvalue weighted by molar-refractivity contribution is 0.0177. The standard InChI is InChI=1S/C22H27N3O4S.C17H19N3O2S/c1-21(2,3)29-20(26)24-12-8-16-14-25(22(9-10-22)19(16)24)30(27,28)18-6-4-5-15-13-23-11-7-17(15)18;21-23(22,15-3-1-2-12-10-18-8-5-14(12)15)20-11-13-4-9-19-16(13)17(20)6-7-17/h4-7,11,13,16,19H,8-10,12,14H2,1-3H3;1-3,5,8,10,13,16,19H,4,6-7,9,11H2. The minimum atomic E-state index is -3.71. The number of rotatable bonds is 4. The molecule has 12 nitrogen and oxygen atoms in total. The highest BCUT2D eigenvalue weighted by molar-refractivity contribution is 7.89. The van der Waals surface area contributed by atoms with E-state index in [9.17, 15) is 21.6 Å². The molecule has 2 aromatic carbocycles. The molecule has 6 fully saturated rings. The molecule has 280 valence electrons. The molecule has 4 atom stereocenters. The summed E-state index contributed by atoms with van der Waals surface area (Å²) >= 11 is 0. The molecule has 10 rings (SSSR count). The monoisotopic (exact) mass is 758 g/mol. The normalized spacial score (nSPS) is 27.2. The molecule has 4 unspecified atom stereocenters. The summed E-state index contributed by atoms with van der Waals surface area (Å²) in [6.45, 7) is 8.31.